The van der Waals surface area contributed by atoms with E-state index in [1.807, 2.05) is 18.4 Å². The van der Waals surface area contributed by atoms with Crippen molar-refractivity contribution in [3.05, 3.63) is 59.7 Å². The number of nitrogens with one attached hydrogen (secondary N) is 1. The lowest BCUT2D eigenvalue weighted by Gasteiger charge is -2.13. The molecule has 0 aliphatic heterocycles. The van der Waals surface area contributed by atoms with Gasteiger partial charge in [0.15, 0.2) is 0 Å². The van der Waals surface area contributed by atoms with Crippen molar-refractivity contribution in [3.63, 3.8) is 0 Å². The molecule has 2 aromatic rings. The van der Waals surface area contributed by atoms with Crippen molar-refractivity contribution in [2.45, 2.75) is 17.4 Å². The van der Waals surface area contributed by atoms with Gasteiger partial charge in [-0.3, -0.25) is 4.79 Å². The number of halogens is 3. The first-order chi connectivity index (χ1) is 11.8. The van der Waals surface area contributed by atoms with Crippen LogP contribution in [0.4, 0.5) is 13.2 Å². The lowest BCUT2D eigenvalue weighted by atomic mass is 10.1. The van der Waals surface area contributed by atoms with Gasteiger partial charge in [0.1, 0.15) is 5.75 Å². The van der Waals surface area contributed by atoms with E-state index in [-0.39, 0.29) is 12.1 Å². The summed E-state index contributed by atoms with van der Waals surface area (Å²) in [7, 11) is 0. The third-order valence-electron chi connectivity index (χ3n) is 3.31. The summed E-state index contributed by atoms with van der Waals surface area (Å²) in [6.07, 6.45) is -3.72. The molecule has 0 saturated carbocycles. The predicted octanol–water partition coefficient (Wildman–Crippen LogP) is 3.77. The molecule has 0 aliphatic carbocycles. The normalized spacial score (nSPS) is 12.5. The van der Waals surface area contributed by atoms with Gasteiger partial charge in [0, 0.05) is 17.0 Å². The van der Waals surface area contributed by atoms with Crippen molar-refractivity contribution in [2.75, 3.05) is 12.8 Å². The number of carbonyl (C=O) groups is 1. The van der Waals surface area contributed by atoms with Crippen LogP contribution in [0.5, 0.6) is 5.75 Å². The number of aliphatic hydroxyl groups excluding tert-OH is 1. The van der Waals surface area contributed by atoms with Crippen LogP contribution in [0.15, 0.2) is 53.4 Å². The maximum absolute atomic E-state index is 12.1. The highest BCUT2D eigenvalue weighted by molar-refractivity contribution is 7.98. The van der Waals surface area contributed by atoms with E-state index in [0.717, 1.165) is 17.0 Å². The summed E-state index contributed by atoms with van der Waals surface area (Å²) in [6, 6.07) is 11.8. The van der Waals surface area contributed by atoms with E-state index in [1.165, 1.54) is 12.1 Å². The number of carbonyl (C=O) groups excluding carboxylic acids is 1. The fourth-order valence-corrected chi connectivity index (χ4v) is 2.45. The highest BCUT2D eigenvalue weighted by Crippen LogP contribution is 2.23. The van der Waals surface area contributed by atoms with Crippen LogP contribution in [0.1, 0.15) is 22.0 Å². The molecule has 0 spiro atoms. The third kappa shape index (κ3) is 5.99. The Bertz CT molecular complexity index is 703. The molecule has 8 heteroatoms. The lowest BCUT2D eigenvalue weighted by Crippen LogP contribution is -2.28. The zero-order valence-electron chi connectivity index (χ0n) is 13.2. The standard InChI is InChI=1S/C17H16F3NO3S/c1-25-14-8-4-11(5-9-14)15(22)10-21-16(23)12-2-6-13(7-3-12)24-17(18,19)20/h2-9,15,22H,10H2,1H3,(H,21,23)/t15-/m0/s1. The second-order valence-corrected chi connectivity index (χ2v) is 5.95. The smallest absolute Gasteiger partial charge is 0.406 e. The van der Waals surface area contributed by atoms with Crippen molar-refractivity contribution in [1.29, 1.82) is 0 Å². The van der Waals surface area contributed by atoms with Gasteiger partial charge in [0.2, 0.25) is 0 Å². The van der Waals surface area contributed by atoms with Crippen molar-refractivity contribution in [1.82, 2.24) is 5.32 Å². The van der Waals surface area contributed by atoms with Gasteiger partial charge < -0.3 is 15.2 Å². The number of hydrogen-bond donors (Lipinski definition) is 2. The number of alkyl halides is 3. The Hall–Kier alpha value is -2.19. The zero-order valence-corrected chi connectivity index (χ0v) is 14.0. The molecule has 2 N–H and O–H groups in total. The summed E-state index contributed by atoms with van der Waals surface area (Å²) in [5.74, 6) is -0.906. The van der Waals surface area contributed by atoms with Crippen LogP contribution in [0.25, 0.3) is 0 Å². The summed E-state index contributed by atoms with van der Waals surface area (Å²) in [5, 5.41) is 12.6. The van der Waals surface area contributed by atoms with E-state index >= 15 is 0 Å². The maximum Gasteiger partial charge on any atom is 0.573 e. The first-order valence-corrected chi connectivity index (χ1v) is 8.47. The van der Waals surface area contributed by atoms with E-state index < -0.39 is 24.1 Å². The van der Waals surface area contributed by atoms with Gasteiger partial charge in [-0.05, 0) is 48.2 Å². The van der Waals surface area contributed by atoms with E-state index in [4.69, 9.17) is 0 Å². The Balaban J connectivity index is 1.90. The highest BCUT2D eigenvalue weighted by atomic mass is 32.2. The average molecular weight is 371 g/mol. The van der Waals surface area contributed by atoms with Crippen LogP contribution in [0, 0.1) is 0 Å². The summed E-state index contributed by atoms with van der Waals surface area (Å²) in [5.41, 5.74) is 0.825. The molecule has 4 nitrogen and oxygen atoms in total. The molecule has 2 rings (SSSR count). The number of hydrogen-bond acceptors (Lipinski definition) is 4. The van der Waals surface area contributed by atoms with Crippen molar-refractivity contribution in [3.8, 4) is 5.75 Å². The average Bonchev–Trinajstić information content (AvgIpc) is 2.58. The number of rotatable bonds is 6. The summed E-state index contributed by atoms with van der Waals surface area (Å²) >= 11 is 1.58. The first-order valence-electron chi connectivity index (χ1n) is 7.24. The SMILES string of the molecule is CSc1ccc([C@@H](O)CNC(=O)c2ccc(OC(F)(F)F)cc2)cc1. The van der Waals surface area contributed by atoms with Crippen LogP contribution < -0.4 is 10.1 Å². The third-order valence-corrected chi connectivity index (χ3v) is 4.05. The van der Waals surface area contributed by atoms with Crippen LogP contribution >= 0.6 is 11.8 Å². The second kappa shape index (κ2) is 8.26. The first kappa shape index (κ1) is 19.1. The molecule has 0 heterocycles. The molecule has 134 valence electrons. The molecule has 0 unspecified atom stereocenters. The van der Waals surface area contributed by atoms with Gasteiger partial charge in [-0.2, -0.15) is 0 Å². The topological polar surface area (TPSA) is 58.6 Å². The highest BCUT2D eigenvalue weighted by Gasteiger charge is 2.31. The molecule has 0 bridgehead atoms. The van der Waals surface area contributed by atoms with Gasteiger partial charge in [0.25, 0.3) is 5.91 Å². The summed E-state index contributed by atoms with van der Waals surface area (Å²) < 4.78 is 40.0. The van der Waals surface area contributed by atoms with Crippen LogP contribution in [0.3, 0.4) is 0 Å². The molecule has 0 radical (unpaired) electrons. The Morgan fingerprint density at radius 2 is 1.76 bits per heavy atom. The fourth-order valence-electron chi connectivity index (χ4n) is 2.04. The minimum Gasteiger partial charge on any atom is -0.406 e. The molecule has 1 amide bonds. The molecule has 1 atom stereocenters. The fraction of sp³-hybridized carbons (Fsp3) is 0.235. The molecule has 0 saturated heterocycles. The van der Waals surface area contributed by atoms with Gasteiger partial charge in [0.05, 0.1) is 6.10 Å². The Morgan fingerprint density at radius 1 is 1.16 bits per heavy atom. The zero-order chi connectivity index (χ0) is 18.4. The second-order valence-electron chi connectivity index (χ2n) is 5.07. The van der Waals surface area contributed by atoms with E-state index in [0.29, 0.717) is 5.56 Å². The quantitative estimate of drug-likeness (QED) is 0.759. The van der Waals surface area contributed by atoms with Crippen LogP contribution in [-0.2, 0) is 0 Å². The summed E-state index contributed by atoms with van der Waals surface area (Å²) in [4.78, 5) is 13.0. The summed E-state index contributed by atoms with van der Waals surface area (Å²) in [6.45, 7) is -0.0156. The predicted molar refractivity (Wildman–Crippen MR) is 88.6 cm³/mol. The van der Waals surface area contributed by atoms with Gasteiger partial charge >= 0.3 is 6.36 Å². The molecule has 0 aliphatic rings. The van der Waals surface area contributed by atoms with E-state index in [1.54, 1.807) is 23.9 Å². The minimum absolute atomic E-state index is 0.0156. The molecular formula is C17H16F3NO3S. The van der Waals surface area contributed by atoms with Gasteiger partial charge in [-0.15, -0.1) is 24.9 Å². The Labute approximate surface area is 147 Å². The van der Waals surface area contributed by atoms with Gasteiger partial charge in [-0.1, -0.05) is 12.1 Å². The number of benzene rings is 2. The van der Waals surface area contributed by atoms with Crippen molar-refractivity contribution >= 4 is 17.7 Å². The van der Waals surface area contributed by atoms with Crippen molar-refractivity contribution in [2.24, 2.45) is 0 Å². The van der Waals surface area contributed by atoms with Crippen LogP contribution in [-0.4, -0.2) is 30.2 Å². The number of aliphatic hydroxyl groups is 1. The minimum atomic E-state index is -4.78. The molecule has 0 fully saturated rings. The molecule has 0 aromatic heterocycles. The number of thioether (sulfide) groups is 1. The Kier molecular flexibility index (Phi) is 6.33. The van der Waals surface area contributed by atoms with E-state index in [2.05, 4.69) is 10.1 Å². The van der Waals surface area contributed by atoms with Gasteiger partial charge in [-0.25, -0.2) is 0 Å². The van der Waals surface area contributed by atoms with Crippen molar-refractivity contribution < 1.29 is 27.8 Å². The van der Waals surface area contributed by atoms with E-state index in [9.17, 15) is 23.1 Å². The number of amides is 1. The molecule has 25 heavy (non-hydrogen) atoms. The molecular weight excluding hydrogens is 355 g/mol. The maximum atomic E-state index is 12.1. The largest absolute Gasteiger partial charge is 0.573 e. The van der Waals surface area contributed by atoms with Crippen LogP contribution in [0.2, 0.25) is 0 Å². The monoisotopic (exact) mass is 371 g/mol. The number of ether oxygens (including phenoxy) is 1. The Morgan fingerprint density at radius 3 is 2.28 bits per heavy atom. The lowest BCUT2D eigenvalue weighted by molar-refractivity contribution is -0.274. The molecule has 2 aromatic carbocycles.